The van der Waals surface area contributed by atoms with Crippen LogP contribution in [0.15, 0.2) is 12.3 Å². The van der Waals surface area contributed by atoms with Gasteiger partial charge in [0.05, 0.1) is 4.92 Å². The molecule has 18 heavy (non-hydrogen) atoms. The van der Waals surface area contributed by atoms with Crippen molar-refractivity contribution in [1.29, 1.82) is 0 Å². The average molecular weight is 250 g/mol. The molecule has 1 saturated heterocycles. The zero-order valence-corrected chi connectivity index (χ0v) is 10.5. The molecule has 0 spiro atoms. The molecular formula is C12H18N4O2. The van der Waals surface area contributed by atoms with Crippen molar-refractivity contribution in [3.8, 4) is 0 Å². The molecule has 1 atom stereocenters. The molecule has 1 aromatic rings. The number of hydrogen-bond donors (Lipinski definition) is 1. The van der Waals surface area contributed by atoms with Crippen molar-refractivity contribution in [1.82, 2.24) is 4.98 Å². The molecule has 1 aliphatic rings. The number of hydrogen-bond acceptors (Lipinski definition) is 5. The van der Waals surface area contributed by atoms with Crippen LogP contribution >= 0.6 is 0 Å². The lowest BCUT2D eigenvalue weighted by Crippen LogP contribution is -2.44. The van der Waals surface area contributed by atoms with Gasteiger partial charge in [0.15, 0.2) is 0 Å². The van der Waals surface area contributed by atoms with E-state index in [0.717, 1.165) is 25.2 Å². The summed E-state index contributed by atoms with van der Waals surface area (Å²) in [4.78, 5) is 16.7. The number of anilines is 1. The van der Waals surface area contributed by atoms with Gasteiger partial charge in [-0.3, -0.25) is 10.1 Å². The standard InChI is InChI=1S/C12H18N4O2/c1-9-6-12(14-8-11(9)16(17)18)15-5-3-2-4-10(15)7-13/h6,8,10H,2-5,7,13H2,1H3. The van der Waals surface area contributed by atoms with Crippen molar-refractivity contribution in [2.75, 3.05) is 18.0 Å². The molecule has 0 amide bonds. The van der Waals surface area contributed by atoms with E-state index in [1.807, 2.05) is 0 Å². The van der Waals surface area contributed by atoms with Crippen LogP contribution in [0.5, 0.6) is 0 Å². The topological polar surface area (TPSA) is 85.3 Å². The predicted octanol–water partition coefficient (Wildman–Crippen LogP) is 1.62. The van der Waals surface area contributed by atoms with Crippen LogP contribution in [0.3, 0.4) is 0 Å². The molecule has 0 saturated carbocycles. The summed E-state index contributed by atoms with van der Waals surface area (Å²) >= 11 is 0. The number of rotatable bonds is 3. The summed E-state index contributed by atoms with van der Waals surface area (Å²) in [6.45, 7) is 3.26. The summed E-state index contributed by atoms with van der Waals surface area (Å²) < 4.78 is 0. The Morgan fingerprint density at radius 1 is 1.61 bits per heavy atom. The highest BCUT2D eigenvalue weighted by molar-refractivity contribution is 5.49. The van der Waals surface area contributed by atoms with Gasteiger partial charge in [0, 0.05) is 24.7 Å². The summed E-state index contributed by atoms with van der Waals surface area (Å²) in [5.41, 5.74) is 6.48. The van der Waals surface area contributed by atoms with Gasteiger partial charge in [0.1, 0.15) is 12.0 Å². The molecule has 2 N–H and O–H groups in total. The maximum atomic E-state index is 10.8. The quantitative estimate of drug-likeness (QED) is 0.650. The molecule has 2 heterocycles. The predicted molar refractivity (Wildman–Crippen MR) is 69.7 cm³/mol. The minimum absolute atomic E-state index is 0.0695. The Bertz CT molecular complexity index is 450. The molecule has 6 heteroatoms. The number of nitrogens with two attached hydrogens (primary N) is 1. The molecular weight excluding hydrogens is 232 g/mol. The van der Waals surface area contributed by atoms with Crippen molar-refractivity contribution in [2.45, 2.75) is 32.2 Å². The normalized spacial score (nSPS) is 19.9. The number of aryl methyl sites for hydroxylation is 1. The largest absolute Gasteiger partial charge is 0.352 e. The van der Waals surface area contributed by atoms with Gasteiger partial charge in [-0.2, -0.15) is 0 Å². The zero-order chi connectivity index (χ0) is 13.1. The Morgan fingerprint density at radius 3 is 3.00 bits per heavy atom. The molecule has 0 radical (unpaired) electrons. The van der Waals surface area contributed by atoms with E-state index < -0.39 is 4.92 Å². The van der Waals surface area contributed by atoms with Gasteiger partial charge in [0.25, 0.3) is 5.69 Å². The Morgan fingerprint density at radius 2 is 2.39 bits per heavy atom. The van der Waals surface area contributed by atoms with E-state index in [0.29, 0.717) is 18.2 Å². The molecule has 1 fully saturated rings. The van der Waals surface area contributed by atoms with Crippen LogP contribution in [0, 0.1) is 17.0 Å². The second-order valence-corrected chi connectivity index (χ2v) is 4.66. The molecule has 2 rings (SSSR count). The van der Waals surface area contributed by atoms with Gasteiger partial charge >= 0.3 is 0 Å². The van der Waals surface area contributed by atoms with Crippen molar-refractivity contribution in [3.63, 3.8) is 0 Å². The second-order valence-electron chi connectivity index (χ2n) is 4.66. The minimum atomic E-state index is -0.400. The molecule has 0 aliphatic carbocycles. The van der Waals surface area contributed by atoms with Crippen LogP contribution in [-0.2, 0) is 0 Å². The molecule has 1 aliphatic heterocycles. The van der Waals surface area contributed by atoms with E-state index in [2.05, 4.69) is 9.88 Å². The van der Waals surface area contributed by atoms with E-state index in [9.17, 15) is 10.1 Å². The zero-order valence-electron chi connectivity index (χ0n) is 10.5. The highest BCUT2D eigenvalue weighted by Crippen LogP contribution is 2.26. The number of piperidine rings is 1. The SMILES string of the molecule is Cc1cc(N2CCCCC2CN)ncc1[N+](=O)[O-]. The van der Waals surface area contributed by atoms with Gasteiger partial charge in [-0.25, -0.2) is 4.98 Å². The van der Waals surface area contributed by atoms with Gasteiger partial charge < -0.3 is 10.6 Å². The monoisotopic (exact) mass is 250 g/mol. The Balaban J connectivity index is 2.27. The first-order valence-electron chi connectivity index (χ1n) is 6.21. The van der Waals surface area contributed by atoms with E-state index in [-0.39, 0.29) is 5.69 Å². The van der Waals surface area contributed by atoms with Gasteiger partial charge in [-0.15, -0.1) is 0 Å². The fraction of sp³-hybridized carbons (Fsp3) is 0.583. The highest BCUT2D eigenvalue weighted by Gasteiger charge is 2.23. The summed E-state index contributed by atoms with van der Waals surface area (Å²) in [6.07, 6.45) is 4.71. The van der Waals surface area contributed by atoms with Crippen LogP contribution in [0.25, 0.3) is 0 Å². The molecule has 1 aromatic heterocycles. The Kier molecular flexibility index (Phi) is 3.76. The summed E-state index contributed by atoms with van der Waals surface area (Å²) in [5.74, 6) is 0.799. The third-order valence-electron chi connectivity index (χ3n) is 3.46. The van der Waals surface area contributed by atoms with Crippen LogP contribution in [0.1, 0.15) is 24.8 Å². The summed E-state index contributed by atoms with van der Waals surface area (Å²) in [5, 5.41) is 10.8. The maximum absolute atomic E-state index is 10.8. The maximum Gasteiger partial charge on any atom is 0.290 e. The first kappa shape index (κ1) is 12.8. The van der Waals surface area contributed by atoms with E-state index in [1.54, 1.807) is 13.0 Å². The van der Waals surface area contributed by atoms with Crippen LogP contribution in [0.4, 0.5) is 11.5 Å². The Hall–Kier alpha value is -1.69. The first-order valence-corrected chi connectivity index (χ1v) is 6.21. The molecule has 1 unspecified atom stereocenters. The number of aromatic nitrogens is 1. The number of nitro groups is 1. The Labute approximate surface area is 106 Å². The number of pyridine rings is 1. The number of nitrogens with zero attached hydrogens (tertiary/aromatic N) is 3. The highest BCUT2D eigenvalue weighted by atomic mass is 16.6. The smallest absolute Gasteiger partial charge is 0.290 e. The molecule has 0 aromatic carbocycles. The fourth-order valence-electron chi connectivity index (χ4n) is 2.43. The van der Waals surface area contributed by atoms with Crippen molar-refractivity contribution in [3.05, 3.63) is 27.9 Å². The van der Waals surface area contributed by atoms with Crippen LogP contribution < -0.4 is 10.6 Å². The van der Waals surface area contributed by atoms with Crippen LogP contribution in [0.2, 0.25) is 0 Å². The third-order valence-corrected chi connectivity index (χ3v) is 3.46. The first-order chi connectivity index (χ1) is 8.63. The second kappa shape index (κ2) is 5.30. The molecule has 0 bridgehead atoms. The summed E-state index contributed by atoms with van der Waals surface area (Å²) in [6, 6.07) is 2.08. The molecule has 98 valence electrons. The van der Waals surface area contributed by atoms with Crippen molar-refractivity contribution in [2.24, 2.45) is 5.73 Å². The third kappa shape index (κ3) is 2.43. The lowest BCUT2D eigenvalue weighted by atomic mass is 10.0. The fourth-order valence-corrected chi connectivity index (χ4v) is 2.43. The summed E-state index contributed by atoms with van der Waals surface area (Å²) in [7, 11) is 0. The van der Waals surface area contributed by atoms with Crippen LogP contribution in [-0.4, -0.2) is 29.0 Å². The lowest BCUT2D eigenvalue weighted by Gasteiger charge is -2.36. The molecule has 6 nitrogen and oxygen atoms in total. The van der Waals surface area contributed by atoms with Gasteiger partial charge in [-0.05, 0) is 32.3 Å². The minimum Gasteiger partial charge on any atom is -0.352 e. The average Bonchev–Trinajstić information content (AvgIpc) is 2.38. The van der Waals surface area contributed by atoms with E-state index >= 15 is 0 Å². The van der Waals surface area contributed by atoms with E-state index in [1.165, 1.54) is 12.6 Å². The lowest BCUT2D eigenvalue weighted by molar-refractivity contribution is -0.385. The van der Waals surface area contributed by atoms with Crippen molar-refractivity contribution < 1.29 is 4.92 Å². The van der Waals surface area contributed by atoms with Crippen molar-refractivity contribution >= 4 is 11.5 Å². The van der Waals surface area contributed by atoms with Gasteiger partial charge in [-0.1, -0.05) is 0 Å². The van der Waals surface area contributed by atoms with Gasteiger partial charge in [0.2, 0.25) is 0 Å². The van der Waals surface area contributed by atoms with E-state index in [4.69, 9.17) is 5.73 Å².